The number of carbonyl (C=O) groups excluding carboxylic acids is 2. The Bertz CT molecular complexity index is 712. The van der Waals surface area contributed by atoms with Gasteiger partial charge in [-0.25, -0.2) is 4.98 Å². The van der Waals surface area contributed by atoms with Crippen molar-refractivity contribution in [2.45, 2.75) is 57.2 Å². The van der Waals surface area contributed by atoms with Gasteiger partial charge in [-0.05, 0) is 50.5 Å². The van der Waals surface area contributed by atoms with Crippen molar-refractivity contribution in [2.24, 2.45) is 17.8 Å². The third-order valence-corrected chi connectivity index (χ3v) is 7.45. The van der Waals surface area contributed by atoms with Crippen molar-refractivity contribution in [1.29, 1.82) is 0 Å². The van der Waals surface area contributed by atoms with Gasteiger partial charge in [-0.2, -0.15) is 0 Å². The van der Waals surface area contributed by atoms with Gasteiger partial charge in [0.1, 0.15) is 6.04 Å². The molecule has 0 saturated carbocycles. The SMILES string of the molecule is O=C([C@H]1[C@@H]2CNC[C@@H](C2)[C@@H]2CCCC(=O)N21)N1CCC(Cn2ccnc2)CC1. The number of rotatable bonds is 3. The molecule has 4 atom stereocenters. The van der Waals surface area contributed by atoms with Crippen LogP contribution in [-0.2, 0) is 16.1 Å². The summed E-state index contributed by atoms with van der Waals surface area (Å²) in [6.45, 7) is 4.45. The van der Waals surface area contributed by atoms with Crippen molar-refractivity contribution in [3.05, 3.63) is 18.7 Å². The Balaban J connectivity index is 1.28. The van der Waals surface area contributed by atoms with E-state index in [9.17, 15) is 9.59 Å². The maximum absolute atomic E-state index is 13.6. The van der Waals surface area contributed by atoms with E-state index in [2.05, 4.69) is 14.9 Å². The third kappa shape index (κ3) is 3.23. The third-order valence-electron chi connectivity index (χ3n) is 7.45. The van der Waals surface area contributed by atoms with Crippen LogP contribution in [-0.4, -0.2) is 69.4 Å². The topological polar surface area (TPSA) is 70.5 Å². The molecule has 7 heteroatoms. The fourth-order valence-corrected chi connectivity index (χ4v) is 6.05. The summed E-state index contributed by atoms with van der Waals surface area (Å²) in [4.78, 5) is 34.6. The van der Waals surface area contributed by atoms with Crippen molar-refractivity contribution in [1.82, 2.24) is 24.7 Å². The summed E-state index contributed by atoms with van der Waals surface area (Å²) in [5, 5.41) is 3.54. The fourth-order valence-electron chi connectivity index (χ4n) is 6.05. The van der Waals surface area contributed by atoms with Gasteiger partial charge in [0.25, 0.3) is 0 Å². The van der Waals surface area contributed by atoms with Gasteiger partial charge in [-0.15, -0.1) is 0 Å². The molecule has 2 amide bonds. The van der Waals surface area contributed by atoms with Crippen LogP contribution in [0.15, 0.2) is 18.7 Å². The lowest BCUT2D eigenvalue weighted by molar-refractivity contribution is -0.162. The zero-order valence-corrected chi connectivity index (χ0v) is 16.5. The molecule has 4 aliphatic heterocycles. The predicted molar refractivity (Wildman–Crippen MR) is 104 cm³/mol. The first-order valence-corrected chi connectivity index (χ1v) is 11.0. The quantitative estimate of drug-likeness (QED) is 0.846. The number of hydrogen-bond acceptors (Lipinski definition) is 4. The zero-order valence-electron chi connectivity index (χ0n) is 16.5. The van der Waals surface area contributed by atoms with Gasteiger partial charge in [0.2, 0.25) is 11.8 Å². The van der Waals surface area contributed by atoms with Gasteiger partial charge in [0, 0.05) is 57.0 Å². The minimum absolute atomic E-state index is 0.202. The molecule has 0 unspecified atom stereocenters. The molecule has 0 spiro atoms. The molecule has 1 aromatic rings. The van der Waals surface area contributed by atoms with Gasteiger partial charge in [-0.1, -0.05) is 0 Å². The minimum Gasteiger partial charge on any atom is -0.341 e. The van der Waals surface area contributed by atoms with Gasteiger partial charge in [-0.3, -0.25) is 9.59 Å². The van der Waals surface area contributed by atoms with Crippen LogP contribution in [0.1, 0.15) is 38.5 Å². The summed E-state index contributed by atoms with van der Waals surface area (Å²) in [6, 6.07) is 0.0186. The summed E-state index contributed by atoms with van der Waals surface area (Å²) in [6.07, 6.45) is 11.5. The Morgan fingerprint density at radius 2 is 2.00 bits per heavy atom. The van der Waals surface area contributed by atoms with Gasteiger partial charge in [0.15, 0.2) is 0 Å². The molecule has 152 valence electrons. The molecule has 1 aromatic heterocycles. The molecule has 4 fully saturated rings. The molecule has 5 heterocycles. The largest absolute Gasteiger partial charge is 0.341 e. The molecule has 1 N–H and O–H groups in total. The van der Waals surface area contributed by atoms with Crippen LogP contribution in [0.3, 0.4) is 0 Å². The van der Waals surface area contributed by atoms with E-state index < -0.39 is 0 Å². The Morgan fingerprint density at radius 3 is 2.79 bits per heavy atom. The van der Waals surface area contributed by atoms with E-state index in [1.165, 1.54) is 0 Å². The van der Waals surface area contributed by atoms with Crippen molar-refractivity contribution in [2.75, 3.05) is 26.2 Å². The first-order valence-electron chi connectivity index (χ1n) is 11.0. The molecule has 0 aliphatic carbocycles. The highest BCUT2D eigenvalue weighted by Gasteiger charge is 2.51. The van der Waals surface area contributed by atoms with Crippen LogP contribution in [0.5, 0.6) is 0 Å². The molecule has 0 radical (unpaired) electrons. The molecule has 5 rings (SSSR count). The van der Waals surface area contributed by atoms with Crippen molar-refractivity contribution in [3.63, 3.8) is 0 Å². The lowest BCUT2D eigenvalue weighted by atomic mass is 9.72. The molecule has 28 heavy (non-hydrogen) atoms. The van der Waals surface area contributed by atoms with Gasteiger partial charge in [0.05, 0.1) is 6.33 Å². The highest BCUT2D eigenvalue weighted by molar-refractivity contribution is 5.89. The number of nitrogens with zero attached hydrogens (tertiary/aromatic N) is 4. The summed E-state index contributed by atoms with van der Waals surface area (Å²) in [5.74, 6) is 1.80. The van der Waals surface area contributed by atoms with E-state index in [1.807, 2.05) is 28.5 Å². The van der Waals surface area contributed by atoms with E-state index >= 15 is 0 Å². The number of hydrogen-bond donors (Lipinski definition) is 1. The Labute approximate surface area is 166 Å². The van der Waals surface area contributed by atoms with E-state index in [0.717, 1.165) is 64.8 Å². The maximum Gasteiger partial charge on any atom is 0.245 e. The molecule has 2 bridgehead atoms. The van der Waals surface area contributed by atoms with E-state index in [4.69, 9.17) is 0 Å². The number of aromatic nitrogens is 2. The Morgan fingerprint density at radius 1 is 1.18 bits per heavy atom. The summed E-state index contributed by atoms with van der Waals surface area (Å²) in [7, 11) is 0. The zero-order chi connectivity index (χ0) is 19.1. The number of fused-ring (bicyclic) bond motifs is 4. The maximum atomic E-state index is 13.6. The van der Waals surface area contributed by atoms with E-state index in [-0.39, 0.29) is 29.8 Å². The molecule has 0 aromatic carbocycles. The van der Waals surface area contributed by atoms with Crippen molar-refractivity contribution in [3.8, 4) is 0 Å². The monoisotopic (exact) mass is 385 g/mol. The standard InChI is InChI=1S/C21H31N5O2/c27-19-3-1-2-18-16-10-17(12-23-11-16)20(26(18)19)21(28)25-7-4-15(5-8-25)13-24-9-6-22-14-24/h6,9,14-18,20,23H,1-5,7-8,10-13H2/t16-,17+,18+,20-/m1/s1. The first kappa shape index (κ1) is 18.2. The average Bonchev–Trinajstić information content (AvgIpc) is 3.22. The molecule has 4 aliphatic rings. The van der Waals surface area contributed by atoms with Crippen molar-refractivity contribution < 1.29 is 9.59 Å². The fraction of sp³-hybridized carbons (Fsp3) is 0.762. The molecular formula is C21H31N5O2. The predicted octanol–water partition coefficient (Wildman–Crippen LogP) is 1.11. The van der Waals surface area contributed by atoms with Crippen LogP contribution >= 0.6 is 0 Å². The van der Waals surface area contributed by atoms with Crippen LogP contribution in [0.2, 0.25) is 0 Å². The highest BCUT2D eigenvalue weighted by Crippen LogP contribution is 2.40. The summed E-state index contributed by atoms with van der Waals surface area (Å²) < 4.78 is 2.13. The number of nitrogens with one attached hydrogen (secondary N) is 1. The second kappa shape index (κ2) is 7.50. The lowest BCUT2D eigenvalue weighted by Crippen LogP contribution is -2.68. The summed E-state index contributed by atoms with van der Waals surface area (Å²) in [5.41, 5.74) is 0. The second-order valence-electron chi connectivity index (χ2n) is 9.15. The number of carbonyl (C=O) groups is 2. The van der Waals surface area contributed by atoms with Crippen LogP contribution in [0.4, 0.5) is 0 Å². The second-order valence-corrected chi connectivity index (χ2v) is 9.15. The smallest absolute Gasteiger partial charge is 0.245 e. The normalized spacial score (nSPS) is 33.6. The average molecular weight is 386 g/mol. The van der Waals surface area contributed by atoms with Crippen molar-refractivity contribution >= 4 is 11.8 Å². The summed E-state index contributed by atoms with van der Waals surface area (Å²) >= 11 is 0. The minimum atomic E-state index is -0.243. The van der Waals surface area contributed by atoms with Crippen LogP contribution < -0.4 is 5.32 Å². The van der Waals surface area contributed by atoms with E-state index in [0.29, 0.717) is 18.3 Å². The highest BCUT2D eigenvalue weighted by atomic mass is 16.2. The number of amides is 2. The Hall–Kier alpha value is -1.89. The van der Waals surface area contributed by atoms with E-state index in [1.54, 1.807) is 0 Å². The van der Waals surface area contributed by atoms with Gasteiger partial charge < -0.3 is 19.7 Å². The molecular weight excluding hydrogens is 354 g/mol. The number of imidazole rings is 1. The van der Waals surface area contributed by atoms with Crippen LogP contribution in [0, 0.1) is 17.8 Å². The molecule has 4 saturated heterocycles. The van der Waals surface area contributed by atoms with Gasteiger partial charge >= 0.3 is 0 Å². The number of piperidine rings is 4. The molecule has 7 nitrogen and oxygen atoms in total. The Kier molecular flexibility index (Phi) is 4.87. The lowest BCUT2D eigenvalue weighted by Gasteiger charge is -2.54. The number of likely N-dealkylation sites (tertiary alicyclic amines) is 1. The first-order chi connectivity index (χ1) is 13.7. The van der Waals surface area contributed by atoms with Crippen LogP contribution in [0.25, 0.3) is 0 Å².